The second kappa shape index (κ2) is 4.88. The molecule has 0 spiro atoms. The van der Waals surface area contributed by atoms with Gasteiger partial charge in [-0.15, -0.1) is 0 Å². The van der Waals surface area contributed by atoms with Crippen molar-refractivity contribution in [2.24, 2.45) is 0 Å². The lowest BCUT2D eigenvalue weighted by atomic mass is 9.90. The number of aromatic amines is 1. The molecule has 0 atom stereocenters. The zero-order valence-electron chi connectivity index (χ0n) is 10.9. The number of fused-ring (bicyclic) bond motifs is 1. The molecule has 19 heavy (non-hydrogen) atoms. The van der Waals surface area contributed by atoms with Crippen LogP contribution in [0.1, 0.15) is 34.5 Å². The van der Waals surface area contributed by atoms with Crippen molar-refractivity contribution in [1.82, 2.24) is 10.2 Å². The summed E-state index contributed by atoms with van der Waals surface area (Å²) in [6, 6.07) is 8.17. The van der Waals surface area contributed by atoms with E-state index in [2.05, 4.69) is 33.1 Å². The van der Waals surface area contributed by atoms with E-state index in [9.17, 15) is 4.79 Å². The number of carbonyl (C=O) groups excluding carboxylic acids is 1. The van der Waals surface area contributed by atoms with Crippen LogP contribution in [0.15, 0.2) is 24.3 Å². The number of ether oxygens (including phenoxy) is 1. The highest BCUT2D eigenvalue weighted by atomic mass is 16.5. The molecule has 0 saturated carbocycles. The van der Waals surface area contributed by atoms with E-state index in [1.807, 2.05) is 0 Å². The second-order valence-electron chi connectivity index (χ2n) is 4.85. The summed E-state index contributed by atoms with van der Waals surface area (Å²) in [5.74, 6) is -0.392. The van der Waals surface area contributed by atoms with Crippen LogP contribution in [0.2, 0.25) is 0 Å². The van der Waals surface area contributed by atoms with Crippen molar-refractivity contribution in [3.05, 3.63) is 41.1 Å². The highest BCUT2D eigenvalue weighted by molar-refractivity contribution is 5.88. The Bertz CT molecular complexity index is 616. The molecule has 4 nitrogen and oxygen atoms in total. The Balaban J connectivity index is 1.93. The first-order chi connectivity index (χ1) is 9.28. The molecular weight excluding hydrogens is 240 g/mol. The molecule has 0 amide bonds. The van der Waals surface area contributed by atoms with Gasteiger partial charge in [0.25, 0.3) is 0 Å². The Labute approximate surface area is 111 Å². The predicted molar refractivity (Wildman–Crippen MR) is 72.0 cm³/mol. The molecule has 4 heteroatoms. The van der Waals surface area contributed by atoms with Crippen molar-refractivity contribution < 1.29 is 9.53 Å². The Kier molecular flexibility index (Phi) is 3.07. The first-order valence-electron chi connectivity index (χ1n) is 6.54. The highest BCUT2D eigenvalue weighted by Crippen LogP contribution is 2.26. The summed E-state index contributed by atoms with van der Waals surface area (Å²) in [5.41, 5.74) is 5.07. The van der Waals surface area contributed by atoms with Crippen LogP contribution in [0, 0.1) is 0 Å². The van der Waals surface area contributed by atoms with E-state index in [1.165, 1.54) is 37.5 Å². The van der Waals surface area contributed by atoms with Crippen LogP contribution in [-0.4, -0.2) is 23.3 Å². The van der Waals surface area contributed by atoms with E-state index < -0.39 is 5.97 Å². The molecule has 0 radical (unpaired) electrons. The lowest BCUT2D eigenvalue weighted by Gasteiger charge is -2.15. The van der Waals surface area contributed by atoms with E-state index in [4.69, 9.17) is 0 Å². The van der Waals surface area contributed by atoms with E-state index in [-0.39, 0.29) is 0 Å². The number of rotatable bonds is 2. The number of nitrogens with one attached hydrogen (secondary N) is 1. The first-order valence-corrected chi connectivity index (χ1v) is 6.54. The Hall–Kier alpha value is -2.10. The van der Waals surface area contributed by atoms with E-state index in [1.54, 1.807) is 6.07 Å². The maximum Gasteiger partial charge on any atom is 0.356 e. The normalized spacial score (nSPS) is 13.9. The number of aryl methyl sites for hydroxylation is 2. The van der Waals surface area contributed by atoms with Crippen molar-refractivity contribution in [2.75, 3.05) is 7.11 Å². The summed E-state index contributed by atoms with van der Waals surface area (Å²) in [7, 11) is 1.36. The molecule has 1 aliphatic rings. The van der Waals surface area contributed by atoms with Gasteiger partial charge in [0.1, 0.15) is 5.69 Å². The summed E-state index contributed by atoms with van der Waals surface area (Å²) < 4.78 is 4.67. The van der Waals surface area contributed by atoms with Gasteiger partial charge in [-0.25, -0.2) is 4.79 Å². The number of hydrogen-bond acceptors (Lipinski definition) is 3. The monoisotopic (exact) mass is 256 g/mol. The summed E-state index contributed by atoms with van der Waals surface area (Å²) in [6.45, 7) is 0. The van der Waals surface area contributed by atoms with Crippen molar-refractivity contribution in [1.29, 1.82) is 0 Å². The number of benzene rings is 1. The van der Waals surface area contributed by atoms with Crippen LogP contribution in [0.5, 0.6) is 0 Å². The highest BCUT2D eigenvalue weighted by Gasteiger charge is 2.14. The fourth-order valence-corrected chi connectivity index (χ4v) is 2.58. The largest absolute Gasteiger partial charge is 0.464 e. The Morgan fingerprint density at radius 2 is 2.00 bits per heavy atom. The van der Waals surface area contributed by atoms with Crippen molar-refractivity contribution in [3.8, 4) is 11.3 Å². The molecule has 1 aromatic heterocycles. The molecule has 1 aliphatic carbocycles. The van der Waals surface area contributed by atoms with Crippen molar-refractivity contribution >= 4 is 5.97 Å². The summed E-state index contributed by atoms with van der Waals surface area (Å²) in [6.07, 6.45) is 4.84. The predicted octanol–water partition coefficient (Wildman–Crippen LogP) is 2.74. The first kappa shape index (κ1) is 12.0. The van der Waals surface area contributed by atoms with Crippen LogP contribution in [0.25, 0.3) is 11.3 Å². The molecule has 1 N–H and O–H groups in total. The molecule has 98 valence electrons. The number of H-pyrrole nitrogens is 1. The van der Waals surface area contributed by atoms with Crippen LogP contribution in [0.4, 0.5) is 0 Å². The van der Waals surface area contributed by atoms with Gasteiger partial charge in [0, 0.05) is 5.56 Å². The lowest BCUT2D eigenvalue weighted by molar-refractivity contribution is 0.0594. The van der Waals surface area contributed by atoms with Crippen molar-refractivity contribution in [3.63, 3.8) is 0 Å². The number of aromatic nitrogens is 2. The number of nitrogens with zero attached hydrogens (tertiary/aromatic N) is 1. The fourth-order valence-electron chi connectivity index (χ4n) is 2.58. The van der Waals surface area contributed by atoms with Gasteiger partial charge in [-0.05, 0) is 48.9 Å². The molecule has 3 rings (SSSR count). The SMILES string of the molecule is COC(=O)c1cc(-c2ccc3c(c2)CCCC3)n[nH]1. The zero-order valence-corrected chi connectivity index (χ0v) is 10.9. The van der Waals surface area contributed by atoms with Gasteiger partial charge in [-0.1, -0.05) is 12.1 Å². The Morgan fingerprint density at radius 3 is 2.79 bits per heavy atom. The van der Waals surface area contributed by atoms with Gasteiger partial charge in [0.05, 0.1) is 12.8 Å². The molecule has 0 bridgehead atoms. The summed E-state index contributed by atoms with van der Waals surface area (Å²) in [5, 5.41) is 6.89. The van der Waals surface area contributed by atoms with E-state index >= 15 is 0 Å². The average Bonchev–Trinajstić information content (AvgIpc) is 2.95. The Morgan fingerprint density at radius 1 is 1.21 bits per heavy atom. The topological polar surface area (TPSA) is 55.0 Å². The van der Waals surface area contributed by atoms with Gasteiger partial charge in [0.2, 0.25) is 0 Å². The molecule has 2 aromatic rings. The second-order valence-corrected chi connectivity index (χ2v) is 4.85. The molecule has 1 aromatic carbocycles. The van der Waals surface area contributed by atoms with E-state index in [0.717, 1.165) is 17.7 Å². The van der Waals surface area contributed by atoms with Gasteiger partial charge in [-0.3, -0.25) is 5.10 Å². The van der Waals surface area contributed by atoms with Crippen LogP contribution in [0.3, 0.4) is 0 Å². The molecule has 0 unspecified atom stereocenters. The standard InChI is InChI=1S/C15H16N2O2/c1-19-15(18)14-9-13(16-17-14)12-7-6-10-4-2-3-5-11(10)8-12/h6-9H,2-5H2,1H3,(H,16,17). The number of esters is 1. The molecule has 0 fully saturated rings. The van der Waals surface area contributed by atoms with Crippen LogP contribution < -0.4 is 0 Å². The lowest BCUT2D eigenvalue weighted by Crippen LogP contribution is -2.02. The number of hydrogen-bond donors (Lipinski definition) is 1. The minimum absolute atomic E-state index is 0.384. The smallest absolute Gasteiger partial charge is 0.356 e. The van der Waals surface area contributed by atoms with Gasteiger partial charge in [0.15, 0.2) is 0 Å². The van der Waals surface area contributed by atoms with Crippen molar-refractivity contribution in [2.45, 2.75) is 25.7 Å². The third kappa shape index (κ3) is 2.26. The average molecular weight is 256 g/mol. The minimum Gasteiger partial charge on any atom is -0.464 e. The molecule has 0 aliphatic heterocycles. The number of methoxy groups -OCH3 is 1. The van der Waals surface area contributed by atoms with Gasteiger partial charge >= 0.3 is 5.97 Å². The summed E-state index contributed by atoms with van der Waals surface area (Å²) >= 11 is 0. The molecule has 0 saturated heterocycles. The zero-order chi connectivity index (χ0) is 13.2. The van der Waals surface area contributed by atoms with Gasteiger partial charge < -0.3 is 4.74 Å². The van der Waals surface area contributed by atoms with E-state index in [0.29, 0.717) is 5.69 Å². The van der Waals surface area contributed by atoms with Gasteiger partial charge in [-0.2, -0.15) is 5.10 Å². The molecule has 1 heterocycles. The molecular formula is C15H16N2O2. The third-order valence-electron chi connectivity index (χ3n) is 3.63. The summed E-state index contributed by atoms with van der Waals surface area (Å²) in [4.78, 5) is 11.4. The maximum atomic E-state index is 11.4. The maximum absolute atomic E-state index is 11.4. The third-order valence-corrected chi connectivity index (χ3v) is 3.63. The fraction of sp³-hybridized carbons (Fsp3) is 0.333. The van der Waals surface area contributed by atoms with Crippen LogP contribution in [-0.2, 0) is 17.6 Å². The number of carbonyl (C=O) groups is 1. The minimum atomic E-state index is -0.392. The van der Waals surface area contributed by atoms with Crippen LogP contribution >= 0.6 is 0 Å². The quantitative estimate of drug-likeness (QED) is 0.840.